The molecule has 0 aliphatic carbocycles. The Hall–Kier alpha value is -1.79. The van der Waals surface area contributed by atoms with Crippen molar-refractivity contribution < 1.29 is 0 Å². The number of para-hydroxylation sites is 1. The second-order valence-electron chi connectivity index (χ2n) is 5.07. The van der Waals surface area contributed by atoms with Crippen molar-refractivity contribution in [1.29, 1.82) is 0 Å². The van der Waals surface area contributed by atoms with E-state index in [1.165, 1.54) is 5.39 Å². The van der Waals surface area contributed by atoms with Crippen LogP contribution in [0.3, 0.4) is 0 Å². The molecule has 0 unspecified atom stereocenters. The van der Waals surface area contributed by atoms with Gasteiger partial charge >= 0.3 is 0 Å². The maximum Gasteiger partial charge on any atom is 0.102 e. The van der Waals surface area contributed by atoms with Gasteiger partial charge < -0.3 is 5.32 Å². The van der Waals surface area contributed by atoms with Gasteiger partial charge in [0.2, 0.25) is 0 Å². The van der Waals surface area contributed by atoms with E-state index in [4.69, 9.17) is 0 Å². The van der Waals surface area contributed by atoms with E-state index in [-0.39, 0.29) is 0 Å². The molecule has 100 valence electrons. The summed E-state index contributed by atoms with van der Waals surface area (Å²) < 4.78 is 1.98. The third-order valence-corrected chi connectivity index (χ3v) is 2.99. The quantitative estimate of drug-likeness (QED) is 0.833. The second kappa shape index (κ2) is 6.40. The Balaban J connectivity index is 2.24. The number of rotatable bonds is 5. The smallest absolute Gasteiger partial charge is 0.102 e. The highest BCUT2D eigenvalue weighted by Crippen LogP contribution is 2.18. The van der Waals surface area contributed by atoms with Gasteiger partial charge in [0.05, 0.1) is 11.2 Å². The molecule has 0 bridgehead atoms. The SMILES string of the molecule is CC#CCn1nc(CNCC(C)C)c2ccccc21. The third kappa shape index (κ3) is 3.36. The van der Waals surface area contributed by atoms with Crippen LogP contribution >= 0.6 is 0 Å². The highest BCUT2D eigenvalue weighted by molar-refractivity contribution is 5.82. The Morgan fingerprint density at radius 1 is 1.32 bits per heavy atom. The molecule has 2 aromatic rings. The lowest BCUT2D eigenvalue weighted by Gasteiger charge is -2.05. The van der Waals surface area contributed by atoms with Crippen LogP contribution in [0.5, 0.6) is 0 Å². The Morgan fingerprint density at radius 2 is 2.11 bits per heavy atom. The highest BCUT2D eigenvalue weighted by Gasteiger charge is 2.08. The average molecular weight is 255 g/mol. The van der Waals surface area contributed by atoms with Crippen molar-refractivity contribution in [1.82, 2.24) is 15.1 Å². The first-order valence-corrected chi connectivity index (χ1v) is 6.77. The van der Waals surface area contributed by atoms with Gasteiger partial charge in [-0.05, 0) is 25.5 Å². The molecule has 1 aromatic carbocycles. The molecule has 0 saturated carbocycles. The number of hydrogen-bond acceptors (Lipinski definition) is 2. The number of fused-ring (bicyclic) bond motifs is 1. The maximum atomic E-state index is 4.68. The van der Waals surface area contributed by atoms with E-state index in [1.54, 1.807) is 0 Å². The van der Waals surface area contributed by atoms with Crippen LogP contribution in [0.2, 0.25) is 0 Å². The lowest BCUT2D eigenvalue weighted by atomic mass is 10.2. The summed E-state index contributed by atoms with van der Waals surface area (Å²) in [5, 5.41) is 9.35. The summed E-state index contributed by atoms with van der Waals surface area (Å²) in [5.74, 6) is 6.65. The Morgan fingerprint density at radius 3 is 2.84 bits per heavy atom. The Bertz CT molecular complexity index is 599. The molecule has 2 rings (SSSR count). The second-order valence-corrected chi connectivity index (χ2v) is 5.07. The molecule has 0 spiro atoms. The van der Waals surface area contributed by atoms with Crippen LogP contribution in [-0.4, -0.2) is 16.3 Å². The monoisotopic (exact) mass is 255 g/mol. The molecule has 0 fully saturated rings. The van der Waals surface area contributed by atoms with Crippen molar-refractivity contribution in [2.75, 3.05) is 6.54 Å². The van der Waals surface area contributed by atoms with Gasteiger partial charge in [-0.3, -0.25) is 4.68 Å². The number of aromatic nitrogens is 2. The lowest BCUT2D eigenvalue weighted by Crippen LogP contribution is -2.19. The first kappa shape index (κ1) is 13.6. The van der Waals surface area contributed by atoms with Crippen LogP contribution in [0, 0.1) is 17.8 Å². The van der Waals surface area contributed by atoms with Gasteiger partial charge in [-0.2, -0.15) is 5.10 Å². The summed E-state index contributed by atoms with van der Waals surface area (Å²) >= 11 is 0. The zero-order valence-corrected chi connectivity index (χ0v) is 11.9. The summed E-state index contributed by atoms with van der Waals surface area (Å²) in [6, 6.07) is 8.34. The van der Waals surface area contributed by atoms with Gasteiger partial charge in [-0.15, -0.1) is 5.92 Å². The Kier molecular flexibility index (Phi) is 4.59. The predicted molar refractivity (Wildman–Crippen MR) is 79.7 cm³/mol. The van der Waals surface area contributed by atoms with Crippen molar-refractivity contribution in [3.05, 3.63) is 30.0 Å². The van der Waals surface area contributed by atoms with Gasteiger partial charge in [-0.1, -0.05) is 38.0 Å². The molecule has 0 saturated heterocycles. The maximum absolute atomic E-state index is 4.68. The van der Waals surface area contributed by atoms with E-state index in [2.05, 4.69) is 54.3 Å². The molecule has 1 aromatic heterocycles. The summed E-state index contributed by atoms with van der Waals surface area (Å²) in [5.41, 5.74) is 2.26. The molecule has 3 heteroatoms. The molecule has 0 amide bonds. The lowest BCUT2D eigenvalue weighted by molar-refractivity contribution is 0.545. The largest absolute Gasteiger partial charge is 0.311 e. The van der Waals surface area contributed by atoms with Crippen molar-refractivity contribution in [3.63, 3.8) is 0 Å². The topological polar surface area (TPSA) is 29.9 Å². The van der Waals surface area contributed by atoms with Gasteiger partial charge in [0, 0.05) is 11.9 Å². The van der Waals surface area contributed by atoms with Crippen LogP contribution in [-0.2, 0) is 13.1 Å². The van der Waals surface area contributed by atoms with E-state index in [1.807, 2.05) is 17.7 Å². The van der Waals surface area contributed by atoms with Crippen LogP contribution in [0.4, 0.5) is 0 Å². The summed E-state index contributed by atoms with van der Waals surface area (Å²) in [6.07, 6.45) is 0. The van der Waals surface area contributed by atoms with Crippen LogP contribution in [0.15, 0.2) is 24.3 Å². The van der Waals surface area contributed by atoms with Crippen molar-refractivity contribution in [2.24, 2.45) is 5.92 Å². The molecule has 0 aliphatic heterocycles. The Labute approximate surface area is 115 Å². The van der Waals surface area contributed by atoms with Crippen LogP contribution in [0.25, 0.3) is 10.9 Å². The standard InChI is InChI=1S/C16H21N3/c1-4-5-10-19-16-9-7-6-8-14(16)15(18-19)12-17-11-13(2)3/h6-9,13,17H,10-12H2,1-3H3. The van der Waals surface area contributed by atoms with Crippen LogP contribution < -0.4 is 5.32 Å². The minimum atomic E-state index is 0.652. The van der Waals surface area contributed by atoms with Crippen molar-refractivity contribution in [2.45, 2.75) is 33.9 Å². The molecule has 1 N–H and O–H groups in total. The number of benzene rings is 1. The zero-order valence-electron chi connectivity index (χ0n) is 11.9. The third-order valence-electron chi connectivity index (χ3n) is 2.99. The van der Waals surface area contributed by atoms with Crippen molar-refractivity contribution >= 4 is 10.9 Å². The fraction of sp³-hybridized carbons (Fsp3) is 0.438. The van der Waals surface area contributed by atoms with Gasteiger partial charge in [0.25, 0.3) is 0 Å². The van der Waals surface area contributed by atoms with E-state index >= 15 is 0 Å². The molecule has 0 aliphatic rings. The van der Waals surface area contributed by atoms with E-state index in [0.717, 1.165) is 24.3 Å². The fourth-order valence-electron chi connectivity index (χ4n) is 2.08. The normalized spacial score (nSPS) is 10.7. The van der Waals surface area contributed by atoms with Gasteiger partial charge in [0.15, 0.2) is 0 Å². The number of nitrogens with zero attached hydrogens (tertiary/aromatic N) is 2. The average Bonchev–Trinajstić information content (AvgIpc) is 2.75. The summed E-state index contributed by atoms with van der Waals surface area (Å²) in [6.45, 7) is 8.75. The molecule has 3 nitrogen and oxygen atoms in total. The molecule has 19 heavy (non-hydrogen) atoms. The first-order valence-electron chi connectivity index (χ1n) is 6.77. The number of hydrogen-bond donors (Lipinski definition) is 1. The molecular weight excluding hydrogens is 234 g/mol. The molecular formula is C16H21N3. The van der Waals surface area contributed by atoms with E-state index in [9.17, 15) is 0 Å². The molecule has 0 atom stereocenters. The highest BCUT2D eigenvalue weighted by atomic mass is 15.3. The first-order chi connectivity index (χ1) is 9.22. The van der Waals surface area contributed by atoms with Crippen molar-refractivity contribution in [3.8, 4) is 11.8 Å². The molecule has 0 radical (unpaired) electrons. The molecule has 1 heterocycles. The fourth-order valence-corrected chi connectivity index (χ4v) is 2.08. The minimum Gasteiger partial charge on any atom is -0.311 e. The number of nitrogens with one attached hydrogen (secondary N) is 1. The minimum absolute atomic E-state index is 0.652. The summed E-state index contributed by atoms with van der Waals surface area (Å²) in [7, 11) is 0. The van der Waals surface area contributed by atoms with Crippen LogP contribution in [0.1, 0.15) is 26.5 Å². The zero-order chi connectivity index (χ0) is 13.7. The van der Waals surface area contributed by atoms with Gasteiger partial charge in [-0.25, -0.2) is 0 Å². The van der Waals surface area contributed by atoms with Gasteiger partial charge in [0.1, 0.15) is 6.54 Å². The predicted octanol–water partition coefficient (Wildman–Crippen LogP) is 2.81. The van der Waals surface area contributed by atoms with E-state index in [0.29, 0.717) is 12.5 Å². The summed E-state index contributed by atoms with van der Waals surface area (Å²) in [4.78, 5) is 0. The van der Waals surface area contributed by atoms with E-state index < -0.39 is 0 Å².